The van der Waals surface area contributed by atoms with Crippen molar-refractivity contribution >= 4 is 0 Å². The summed E-state index contributed by atoms with van der Waals surface area (Å²) >= 11 is 0. The molecule has 0 aliphatic carbocycles. The third kappa shape index (κ3) is 5.72. The lowest BCUT2D eigenvalue weighted by molar-refractivity contribution is 0.215. The average molecular weight is 669 g/mol. The first-order valence-electron chi connectivity index (χ1n) is 16.6. The molecule has 4 heterocycles. The Balaban J connectivity index is 1.51. The molecule has 0 aromatic heterocycles. The van der Waals surface area contributed by atoms with Crippen LogP contribution in [0.2, 0.25) is 0 Å². The van der Waals surface area contributed by atoms with Gasteiger partial charge in [0, 0.05) is 42.4 Å². The fourth-order valence-electron chi connectivity index (χ4n) is 7.63. The van der Waals surface area contributed by atoms with Crippen LogP contribution in [0, 0.1) is 0 Å². The van der Waals surface area contributed by atoms with Gasteiger partial charge < -0.3 is 38.3 Å². The van der Waals surface area contributed by atoms with Gasteiger partial charge in [-0.1, -0.05) is 12.1 Å². The molecule has 10 nitrogen and oxygen atoms in total. The van der Waals surface area contributed by atoms with Crippen LogP contribution in [0.4, 0.5) is 0 Å². The van der Waals surface area contributed by atoms with E-state index in [1.807, 2.05) is 18.2 Å². The summed E-state index contributed by atoms with van der Waals surface area (Å²) in [5, 5.41) is 11.3. The molecule has 0 fully saturated rings. The molecule has 0 amide bonds. The highest BCUT2D eigenvalue weighted by molar-refractivity contribution is 5.70. The van der Waals surface area contributed by atoms with Crippen molar-refractivity contribution in [1.29, 1.82) is 0 Å². The summed E-state index contributed by atoms with van der Waals surface area (Å²) in [6.07, 6.45) is 2.81. The number of hydrogen-bond acceptors (Lipinski definition) is 10. The first-order chi connectivity index (χ1) is 23.8. The van der Waals surface area contributed by atoms with E-state index in [-0.39, 0.29) is 17.8 Å². The summed E-state index contributed by atoms with van der Waals surface area (Å²) < 4.78 is 43.1. The van der Waals surface area contributed by atoms with E-state index >= 15 is 0 Å². The second-order valence-electron chi connectivity index (χ2n) is 12.9. The van der Waals surface area contributed by atoms with Gasteiger partial charge in [-0.2, -0.15) is 0 Å². The Bertz CT molecular complexity index is 1880. The Morgan fingerprint density at radius 2 is 1.31 bits per heavy atom. The second-order valence-corrected chi connectivity index (χ2v) is 12.9. The summed E-state index contributed by atoms with van der Waals surface area (Å²) in [5.41, 5.74) is 6.15. The zero-order valence-electron chi connectivity index (χ0n) is 29.2. The molecule has 4 aliphatic heterocycles. The fraction of sp³-hybridized carbons (Fsp3) is 0.385. The number of likely N-dealkylation sites (N-methyl/N-ethyl adjacent to an activating group) is 2. The van der Waals surface area contributed by atoms with Crippen LogP contribution >= 0.6 is 0 Å². The molecule has 258 valence electrons. The molecule has 0 saturated heterocycles. The van der Waals surface area contributed by atoms with E-state index in [1.165, 1.54) is 16.7 Å². The van der Waals surface area contributed by atoms with Crippen molar-refractivity contribution in [3.63, 3.8) is 0 Å². The number of methoxy groups -OCH3 is 5. The topological polar surface area (TPSA) is 91.3 Å². The molecule has 2 unspecified atom stereocenters. The lowest BCUT2D eigenvalue weighted by Crippen LogP contribution is -2.34. The van der Waals surface area contributed by atoms with Gasteiger partial charge in [-0.25, -0.2) is 0 Å². The number of phenolic OH excluding ortho intramolecular Hbond substituents is 1. The quantitative estimate of drug-likeness (QED) is 0.243. The number of nitrogens with zero attached hydrogens (tertiary/aromatic N) is 2. The number of benzene rings is 4. The lowest BCUT2D eigenvalue weighted by Gasteiger charge is -2.38. The van der Waals surface area contributed by atoms with Crippen LogP contribution in [0.5, 0.6) is 57.5 Å². The first-order valence-corrected chi connectivity index (χ1v) is 16.6. The molecular weight excluding hydrogens is 624 g/mol. The van der Waals surface area contributed by atoms with E-state index in [2.05, 4.69) is 48.2 Å². The van der Waals surface area contributed by atoms with E-state index in [4.69, 9.17) is 33.2 Å². The van der Waals surface area contributed by atoms with E-state index in [1.54, 1.807) is 41.6 Å². The predicted octanol–water partition coefficient (Wildman–Crippen LogP) is 6.88. The molecular formula is C39H44N2O8. The largest absolute Gasteiger partial charge is 0.508 e. The zero-order chi connectivity index (χ0) is 34.4. The van der Waals surface area contributed by atoms with Crippen LogP contribution in [-0.2, 0) is 25.7 Å². The number of rotatable bonds is 5. The van der Waals surface area contributed by atoms with Crippen LogP contribution < -0.4 is 33.2 Å². The minimum absolute atomic E-state index is 0.107. The molecule has 10 heteroatoms. The Morgan fingerprint density at radius 3 is 2.00 bits per heavy atom. The Kier molecular flexibility index (Phi) is 8.85. The molecule has 4 aromatic rings. The summed E-state index contributed by atoms with van der Waals surface area (Å²) in [7, 11) is 12.3. The molecule has 4 aliphatic rings. The maximum absolute atomic E-state index is 11.3. The minimum Gasteiger partial charge on any atom is -0.508 e. The third-order valence-electron chi connectivity index (χ3n) is 10.3. The van der Waals surface area contributed by atoms with Crippen molar-refractivity contribution in [2.75, 3.05) is 62.7 Å². The highest BCUT2D eigenvalue weighted by Gasteiger charge is 2.38. The summed E-state index contributed by atoms with van der Waals surface area (Å²) in [6, 6.07) is 15.8. The maximum atomic E-state index is 11.3. The van der Waals surface area contributed by atoms with Gasteiger partial charge in [0.05, 0.1) is 35.5 Å². The third-order valence-corrected chi connectivity index (χ3v) is 10.3. The average Bonchev–Trinajstić information content (AvgIpc) is 3.11. The standard InChI is InChI=1S/C39H44N2O8/c1-40-14-12-23-18-31(43-3)34-20-27(23)28(40)16-22-8-10-25(11-9-22)48-33-19-24(30(42)21-32(33)44-4)17-29-35-26(13-15-41(29)2)36(45-5)38(46-6)39(47-7)37(35)49-34/h8-11,18-21,28-29,42H,12-17H2,1-7H3. The van der Waals surface area contributed by atoms with Crippen LogP contribution in [0.1, 0.15) is 45.5 Å². The molecule has 6 bridgehead atoms. The van der Waals surface area contributed by atoms with Crippen molar-refractivity contribution in [3.8, 4) is 57.5 Å². The van der Waals surface area contributed by atoms with Gasteiger partial charge in [-0.15, -0.1) is 0 Å². The Hall–Kier alpha value is -4.80. The highest BCUT2D eigenvalue weighted by Crippen LogP contribution is 2.56. The lowest BCUT2D eigenvalue weighted by atomic mass is 9.86. The van der Waals surface area contributed by atoms with Gasteiger partial charge >= 0.3 is 0 Å². The fourth-order valence-corrected chi connectivity index (χ4v) is 7.63. The minimum atomic E-state index is -0.250. The van der Waals surface area contributed by atoms with E-state index in [0.717, 1.165) is 37.1 Å². The van der Waals surface area contributed by atoms with Crippen molar-refractivity contribution in [2.24, 2.45) is 0 Å². The summed E-state index contributed by atoms with van der Waals surface area (Å²) in [5.74, 6) is 4.98. The second kappa shape index (κ2) is 13.2. The summed E-state index contributed by atoms with van der Waals surface area (Å²) in [6.45, 7) is 1.67. The van der Waals surface area contributed by atoms with E-state index < -0.39 is 0 Å². The van der Waals surface area contributed by atoms with Crippen molar-refractivity contribution in [1.82, 2.24) is 9.80 Å². The number of ether oxygens (including phenoxy) is 7. The molecule has 0 saturated carbocycles. The van der Waals surface area contributed by atoms with E-state index in [0.29, 0.717) is 70.2 Å². The normalized spacial score (nSPS) is 18.7. The molecule has 2 atom stereocenters. The van der Waals surface area contributed by atoms with Gasteiger partial charge in [0.2, 0.25) is 11.5 Å². The van der Waals surface area contributed by atoms with Crippen LogP contribution in [-0.4, -0.2) is 77.6 Å². The van der Waals surface area contributed by atoms with Crippen molar-refractivity contribution < 1.29 is 38.3 Å². The van der Waals surface area contributed by atoms with Crippen molar-refractivity contribution in [3.05, 3.63) is 81.9 Å². The monoisotopic (exact) mass is 668 g/mol. The molecule has 49 heavy (non-hydrogen) atoms. The number of aromatic hydroxyl groups is 1. The number of phenols is 1. The highest BCUT2D eigenvalue weighted by atomic mass is 16.6. The van der Waals surface area contributed by atoms with Gasteiger partial charge in [0.1, 0.15) is 11.5 Å². The van der Waals surface area contributed by atoms with Gasteiger partial charge in [0.15, 0.2) is 34.5 Å². The zero-order valence-corrected chi connectivity index (χ0v) is 29.2. The van der Waals surface area contributed by atoms with E-state index in [9.17, 15) is 5.11 Å². The first kappa shape index (κ1) is 32.7. The Labute approximate surface area is 287 Å². The molecule has 0 spiro atoms. The molecule has 0 radical (unpaired) electrons. The van der Waals surface area contributed by atoms with Crippen LogP contribution in [0.25, 0.3) is 0 Å². The molecule has 8 rings (SSSR count). The SMILES string of the molecule is COc1cc(O)c2cc1Oc1ccc(cc1)CC1c3cc(c(OC)cc3CCN1C)Oc1c(OC)c(OC)c(OC)c3c1C(C2)N(C)CC3. The van der Waals surface area contributed by atoms with Gasteiger partial charge in [-0.05, 0) is 92.4 Å². The van der Waals surface area contributed by atoms with Crippen LogP contribution in [0.15, 0.2) is 48.5 Å². The van der Waals surface area contributed by atoms with Crippen molar-refractivity contribution in [2.45, 2.75) is 37.8 Å². The van der Waals surface area contributed by atoms with Gasteiger partial charge in [-0.3, -0.25) is 9.80 Å². The Morgan fingerprint density at radius 1 is 0.653 bits per heavy atom. The maximum Gasteiger partial charge on any atom is 0.208 e. The summed E-state index contributed by atoms with van der Waals surface area (Å²) in [4.78, 5) is 4.66. The molecule has 1 N–H and O–H groups in total. The van der Waals surface area contributed by atoms with Gasteiger partial charge in [0.25, 0.3) is 0 Å². The number of fused-ring (bicyclic) bond motifs is 2. The number of hydrogen-bond donors (Lipinski definition) is 1. The van der Waals surface area contributed by atoms with Crippen LogP contribution in [0.3, 0.4) is 0 Å². The smallest absolute Gasteiger partial charge is 0.208 e. The molecule has 4 aromatic carbocycles. The predicted molar refractivity (Wildman–Crippen MR) is 186 cm³/mol.